The molecular formula is C19H24N2O5S. The maximum absolute atomic E-state index is 12.3. The van der Waals surface area contributed by atoms with Gasteiger partial charge < -0.3 is 14.8 Å². The Kier molecular flexibility index (Phi) is 7.20. The second-order valence-electron chi connectivity index (χ2n) is 6.02. The van der Waals surface area contributed by atoms with E-state index in [4.69, 9.17) is 9.47 Å². The first-order valence-corrected chi connectivity index (χ1v) is 9.98. The Morgan fingerprint density at radius 3 is 2.37 bits per heavy atom. The molecule has 0 aliphatic rings. The molecule has 146 valence electrons. The third-order valence-corrected chi connectivity index (χ3v) is 5.18. The van der Waals surface area contributed by atoms with Crippen LogP contribution in [0.3, 0.4) is 0 Å². The molecule has 0 aliphatic carbocycles. The van der Waals surface area contributed by atoms with E-state index in [1.54, 1.807) is 18.2 Å². The summed E-state index contributed by atoms with van der Waals surface area (Å²) >= 11 is 0. The largest absolute Gasteiger partial charge is 0.497 e. The van der Waals surface area contributed by atoms with E-state index < -0.39 is 15.9 Å². The maximum Gasteiger partial charge on any atom is 0.235 e. The first-order valence-electron chi connectivity index (χ1n) is 8.33. The van der Waals surface area contributed by atoms with Crippen molar-refractivity contribution in [3.8, 4) is 11.5 Å². The molecule has 0 fully saturated rings. The summed E-state index contributed by atoms with van der Waals surface area (Å²) in [6, 6.07) is 12.6. The molecule has 0 radical (unpaired) electrons. The van der Waals surface area contributed by atoms with Crippen LogP contribution in [-0.4, -0.2) is 35.1 Å². The van der Waals surface area contributed by atoms with Gasteiger partial charge in [-0.2, -0.15) is 0 Å². The van der Waals surface area contributed by atoms with Crippen molar-refractivity contribution in [3.63, 3.8) is 0 Å². The number of carbonyl (C=O) groups is 1. The quantitative estimate of drug-likeness (QED) is 0.678. The van der Waals surface area contributed by atoms with E-state index in [0.29, 0.717) is 23.6 Å². The summed E-state index contributed by atoms with van der Waals surface area (Å²) in [7, 11) is -0.731. The lowest BCUT2D eigenvalue weighted by atomic mass is 10.1. The molecule has 8 heteroatoms. The second-order valence-corrected chi connectivity index (χ2v) is 7.83. The molecular weight excluding hydrogens is 368 g/mol. The summed E-state index contributed by atoms with van der Waals surface area (Å²) in [4.78, 5) is 11.9. The smallest absolute Gasteiger partial charge is 0.235 e. The number of nitrogens with one attached hydrogen (secondary N) is 2. The normalized spacial score (nSPS) is 11.1. The highest BCUT2D eigenvalue weighted by molar-refractivity contribution is 7.88. The SMILES string of the molecule is COc1ccc(CS(=O)(=O)NCC(=O)NCc2ccc(C)cc2)c(OC)c1. The Hall–Kier alpha value is -2.58. The summed E-state index contributed by atoms with van der Waals surface area (Å²) in [5.74, 6) is 0.270. The van der Waals surface area contributed by atoms with Crippen LogP contribution in [0.1, 0.15) is 16.7 Å². The highest BCUT2D eigenvalue weighted by Crippen LogP contribution is 2.25. The Morgan fingerprint density at radius 1 is 1.04 bits per heavy atom. The molecule has 0 bridgehead atoms. The van der Waals surface area contributed by atoms with E-state index in [-0.39, 0.29) is 12.3 Å². The van der Waals surface area contributed by atoms with Crippen molar-refractivity contribution < 1.29 is 22.7 Å². The number of benzene rings is 2. The number of carbonyl (C=O) groups excluding carboxylic acids is 1. The molecule has 0 saturated heterocycles. The fourth-order valence-corrected chi connectivity index (χ4v) is 3.47. The lowest BCUT2D eigenvalue weighted by Crippen LogP contribution is -2.37. The molecule has 0 unspecified atom stereocenters. The summed E-state index contributed by atoms with van der Waals surface area (Å²) in [5, 5.41) is 2.69. The number of sulfonamides is 1. The monoisotopic (exact) mass is 392 g/mol. The molecule has 27 heavy (non-hydrogen) atoms. The summed E-state index contributed by atoms with van der Waals surface area (Å²) in [5.41, 5.74) is 2.55. The molecule has 7 nitrogen and oxygen atoms in total. The Morgan fingerprint density at radius 2 is 1.74 bits per heavy atom. The molecule has 2 N–H and O–H groups in total. The number of amides is 1. The second kappa shape index (κ2) is 9.38. The fraction of sp³-hybridized carbons (Fsp3) is 0.316. The predicted octanol–water partition coefficient (Wildman–Crippen LogP) is 1.75. The van der Waals surface area contributed by atoms with Gasteiger partial charge in [0, 0.05) is 18.2 Å². The molecule has 0 saturated carbocycles. The number of rotatable bonds is 9. The number of aryl methyl sites for hydroxylation is 1. The van der Waals surface area contributed by atoms with E-state index in [0.717, 1.165) is 11.1 Å². The highest BCUT2D eigenvalue weighted by Gasteiger charge is 2.17. The molecule has 1 amide bonds. The van der Waals surface area contributed by atoms with Gasteiger partial charge in [-0.3, -0.25) is 4.79 Å². The average molecular weight is 392 g/mol. The van der Waals surface area contributed by atoms with Gasteiger partial charge in [-0.1, -0.05) is 35.9 Å². The van der Waals surface area contributed by atoms with Gasteiger partial charge in [0.2, 0.25) is 15.9 Å². The summed E-state index contributed by atoms with van der Waals surface area (Å²) < 4.78 is 37.1. The maximum atomic E-state index is 12.3. The summed E-state index contributed by atoms with van der Waals surface area (Å²) in [6.45, 7) is 1.99. The Labute approximate surface area is 159 Å². The first kappa shape index (κ1) is 20.7. The van der Waals surface area contributed by atoms with Gasteiger partial charge in [0.05, 0.1) is 26.5 Å². The lowest BCUT2D eigenvalue weighted by Gasteiger charge is -2.12. The zero-order chi connectivity index (χ0) is 19.9. The van der Waals surface area contributed by atoms with E-state index in [2.05, 4.69) is 10.0 Å². The van der Waals surface area contributed by atoms with Crippen LogP contribution >= 0.6 is 0 Å². The third kappa shape index (κ3) is 6.58. The van der Waals surface area contributed by atoms with E-state index in [1.807, 2.05) is 31.2 Å². The van der Waals surface area contributed by atoms with Gasteiger partial charge in [-0.15, -0.1) is 0 Å². The number of hydrogen-bond acceptors (Lipinski definition) is 5. The minimum atomic E-state index is -3.70. The molecule has 0 aliphatic heterocycles. The molecule has 0 aromatic heterocycles. The van der Waals surface area contributed by atoms with Gasteiger partial charge in [0.25, 0.3) is 0 Å². The molecule has 0 spiro atoms. The van der Waals surface area contributed by atoms with E-state index in [1.165, 1.54) is 14.2 Å². The van der Waals surface area contributed by atoms with Crippen molar-refractivity contribution in [1.29, 1.82) is 0 Å². The van der Waals surface area contributed by atoms with Crippen molar-refractivity contribution in [3.05, 3.63) is 59.2 Å². The highest BCUT2D eigenvalue weighted by atomic mass is 32.2. The minimum absolute atomic E-state index is 0.300. The predicted molar refractivity (Wildman–Crippen MR) is 103 cm³/mol. The topological polar surface area (TPSA) is 93.7 Å². The van der Waals surface area contributed by atoms with Crippen LogP contribution in [0.5, 0.6) is 11.5 Å². The van der Waals surface area contributed by atoms with E-state index >= 15 is 0 Å². The third-order valence-electron chi connectivity index (χ3n) is 3.90. The minimum Gasteiger partial charge on any atom is -0.497 e. The zero-order valence-corrected chi connectivity index (χ0v) is 16.4. The number of hydrogen-bond donors (Lipinski definition) is 2. The lowest BCUT2D eigenvalue weighted by molar-refractivity contribution is -0.120. The fourth-order valence-electron chi connectivity index (χ4n) is 2.37. The molecule has 2 aromatic carbocycles. The van der Waals surface area contributed by atoms with Crippen molar-refractivity contribution >= 4 is 15.9 Å². The molecule has 0 heterocycles. The molecule has 2 rings (SSSR count). The van der Waals surface area contributed by atoms with Crippen LogP contribution in [0.15, 0.2) is 42.5 Å². The van der Waals surface area contributed by atoms with Crippen LogP contribution in [-0.2, 0) is 27.1 Å². The van der Waals surface area contributed by atoms with E-state index in [9.17, 15) is 13.2 Å². The number of ether oxygens (including phenoxy) is 2. The van der Waals surface area contributed by atoms with Gasteiger partial charge in [0.1, 0.15) is 11.5 Å². The Bertz CT molecular complexity index is 879. The van der Waals surface area contributed by atoms with Gasteiger partial charge in [-0.05, 0) is 18.6 Å². The van der Waals surface area contributed by atoms with Crippen LogP contribution in [0.25, 0.3) is 0 Å². The van der Waals surface area contributed by atoms with Crippen molar-refractivity contribution in [2.24, 2.45) is 0 Å². The standard InChI is InChI=1S/C19H24N2O5S/c1-14-4-6-15(7-5-14)11-20-19(22)12-21-27(23,24)13-16-8-9-17(25-2)10-18(16)26-3/h4-10,21H,11-13H2,1-3H3,(H,20,22). The zero-order valence-electron chi connectivity index (χ0n) is 15.6. The van der Waals surface area contributed by atoms with Crippen LogP contribution < -0.4 is 19.5 Å². The van der Waals surface area contributed by atoms with Crippen LogP contribution in [0.4, 0.5) is 0 Å². The molecule has 2 aromatic rings. The summed E-state index contributed by atoms with van der Waals surface area (Å²) in [6.07, 6.45) is 0. The van der Waals surface area contributed by atoms with Gasteiger partial charge >= 0.3 is 0 Å². The van der Waals surface area contributed by atoms with Crippen molar-refractivity contribution in [1.82, 2.24) is 10.0 Å². The Balaban J connectivity index is 1.88. The van der Waals surface area contributed by atoms with Gasteiger partial charge in [-0.25, -0.2) is 13.1 Å². The average Bonchev–Trinajstić information content (AvgIpc) is 2.66. The number of methoxy groups -OCH3 is 2. The van der Waals surface area contributed by atoms with Gasteiger partial charge in [0.15, 0.2) is 0 Å². The van der Waals surface area contributed by atoms with Crippen LogP contribution in [0.2, 0.25) is 0 Å². The van der Waals surface area contributed by atoms with Crippen molar-refractivity contribution in [2.45, 2.75) is 19.2 Å². The van der Waals surface area contributed by atoms with Crippen molar-refractivity contribution in [2.75, 3.05) is 20.8 Å². The van der Waals surface area contributed by atoms with Crippen LogP contribution in [0, 0.1) is 6.92 Å². The molecule has 0 atom stereocenters. The first-order chi connectivity index (χ1) is 12.8.